The Kier molecular flexibility index (Phi) is 6.54. The molecule has 0 aromatic heterocycles. The van der Waals surface area contributed by atoms with Crippen LogP contribution in [0.5, 0.6) is 11.5 Å². The van der Waals surface area contributed by atoms with E-state index in [4.69, 9.17) is 9.47 Å². The molecule has 3 aromatic carbocycles. The predicted octanol–water partition coefficient (Wildman–Crippen LogP) is 4.26. The van der Waals surface area contributed by atoms with Crippen molar-refractivity contribution >= 4 is 17.5 Å². The zero-order valence-corrected chi connectivity index (χ0v) is 18.6. The maximum atomic E-state index is 12.2. The van der Waals surface area contributed by atoms with E-state index in [9.17, 15) is 14.4 Å². The highest BCUT2D eigenvalue weighted by molar-refractivity contribution is 6.00. The topological polar surface area (TPSA) is 81.7 Å². The van der Waals surface area contributed by atoms with Gasteiger partial charge in [0.2, 0.25) is 0 Å². The fourth-order valence-electron chi connectivity index (χ4n) is 3.86. The zero-order valence-electron chi connectivity index (χ0n) is 18.6. The molecule has 0 fully saturated rings. The average molecular weight is 443 g/mol. The lowest BCUT2D eigenvalue weighted by Gasteiger charge is -2.12. The number of amides is 1. The summed E-state index contributed by atoms with van der Waals surface area (Å²) in [4.78, 5) is 35.5. The molecule has 33 heavy (non-hydrogen) atoms. The number of nitrogens with one attached hydrogen (secondary N) is 1. The Morgan fingerprint density at radius 2 is 1.73 bits per heavy atom. The van der Waals surface area contributed by atoms with Crippen LogP contribution in [0.25, 0.3) is 11.1 Å². The third-order valence-corrected chi connectivity index (χ3v) is 5.58. The van der Waals surface area contributed by atoms with Gasteiger partial charge in [-0.1, -0.05) is 30.3 Å². The summed E-state index contributed by atoms with van der Waals surface area (Å²) in [7, 11) is 0. The van der Waals surface area contributed by atoms with Gasteiger partial charge < -0.3 is 14.8 Å². The number of Topliss-reactive ketones (excluding diaryl/α,β-unsaturated/α-hetero) is 2. The molecule has 1 atom stereocenters. The Bertz CT molecular complexity index is 1200. The van der Waals surface area contributed by atoms with Gasteiger partial charge >= 0.3 is 0 Å². The first-order valence-electron chi connectivity index (χ1n) is 10.8. The quantitative estimate of drug-likeness (QED) is 0.526. The van der Waals surface area contributed by atoms with Crippen LogP contribution in [-0.4, -0.2) is 36.7 Å². The van der Waals surface area contributed by atoms with Crippen molar-refractivity contribution in [3.05, 3.63) is 83.4 Å². The van der Waals surface area contributed by atoms with Crippen LogP contribution in [-0.2, 0) is 11.2 Å². The number of carbonyl (C=O) groups is 3. The van der Waals surface area contributed by atoms with E-state index in [1.807, 2.05) is 42.5 Å². The maximum absolute atomic E-state index is 12.2. The lowest BCUT2D eigenvalue weighted by atomic mass is 9.95. The van der Waals surface area contributed by atoms with Crippen LogP contribution in [0.2, 0.25) is 0 Å². The second-order valence-electron chi connectivity index (χ2n) is 8.04. The zero-order chi connectivity index (χ0) is 23.4. The van der Waals surface area contributed by atoms with Crippen LogP contribution in [0.4, 0.5) is 0 Å². The molecule has 6 heteroatoms. The SMILES string of the molecule is CC(=O)c1ccc(OCC(=O)NCC2Cc3cc(-c4ccccc4C(C)=O)ccc3O2)cc1. The molecule has 1 heterocycles. The number of hydrogen-bond donors (Lipinski definition) is 1. The van der Waals surface area contributed by atoms with Gasteiger partial charge in [0.05, 0.1) is 6.54 Å². The van der Waals surface area contributed by atoms with Gasteiger partial charge in [-0.15, -0.1) is 0 Å². The molecular weight excluding hydrogens is 418 g/mol. The molecule has 1 aliphatic heterocycles. The molecular formula is C27H25NO5. The van der Waals surface area contributed by atoms with Crippen molar-refractivity contribution in [2.75, 3.05) is 13.2 Å². The number of rotatable bonds is 8. The molecule has 168 valence electrons. The van der Waals surface area contributed by atoms with E-state index in [2.05, 4.69) is 5.32 Å². The summed E-state index contributed by atoms with van der Waals surface area (Å²) in [5.41, 5.74) is 4.20. The lowest BCUT2D eigenvalue weighted by molar-refractivity contribution is -0.123. The summed E-state index contributed by atoms with van der Waals surface area (Å²) in [5.74, 6) is 1.08. The molecule has 1 amide bonds. The number of ether oxygens (including phenoxy) is 2. The third kappa shape index (κ3) is 5.29. The van der Waals surface area contributed by atoms with Crippen molar-refractivity contribution in [3.8, 4) is 22.6 Å². The van der Waals surface area contributed by atoms with Crippen LogP contribution < -0.4 is 14.8 Å². The van der Waals surface area contributed by atoms with Gasteiger partial charge in [0, 0.05) is 17.5 Å². The predicted molar refractivity (Wildman–Crippen MR) is 125 cm³/mol. The Balaban J connectivity index is 1.31. The molecule has 3 aromatic rings. The lowest BCUT2D eigenvalue weighted by Crippen LogP contribution is -2.37. The van der Waals surface area contributed by atoms with Crippen molar-refractivity contribution in [1.82, 2.24) is 5.32 Å². The molecule has 0 bridgehead atoms. The molecule has 0 saturated heterocycles. The van der Waals surface area contributed by atoms with Crippen molar-refractivity contribution in [3.63, 3.8) is 0 Å². The molecule has 4 rings (SSSR count). The summed E-state index contributed by atoms with van der Waals surface area (Å²) in [6, 6.07) is 20.1. The molecule has 0 saturated carbocycles. The van der Waals surface area contributed by atoms with E-state index in [-0.39, 0.29) is 30.2 Å². The number of hydrogen-bond acceptors (Lipinski definition) is 5. The Labute approximate surface area is 192 Å². The van der Waals surface area contributed by atoms with Gasteiger partial charge in [-0.05, 0) is 66.9 Å². The van der Waals surface area contributed by atoms with Crippen molar-refractivity contribution < 1.29 is 23.9 Å². The van der Waals surface area contributed by atoms with Crippen molar-refractivity contribution in [2.24, 2.45) is 0 Å². The van der Waals surface area contributed by atoms with E-state index in [1.165, 1.54) is 6.92 Å². The smallest absolute Gasteiger partial charge is 0.258 e. The van der Waals surface area contributed by atoms with Gasteiger partial charge in [-0.25, -0.2) is 0 Å². The second kappa shape index (κ2) is 9.69. The number of carbonyl (C=O) groups excluding carboxylic acids is 3. The molecule has 1 N–H and O–H groups in total. The van der Waals surface area contributed by atoms with Crippen LogP contribution >= 0.6 is 0 Å². The van der Waals surface area contributed by atoms with E-state index in [0.29, 0.717) is 29.8 Å². The molecule has 0 radical (unpaired) electrons. The molecule has 0 spiro atoms. The minimum Gasteiger partial charge on any atom is -0.488 e. The summed E-state index contributed by atoms with van der Waals surface area (Å²) < 4.78 is 11.5. The van der Waals surface area contributed by atoms with E-state index in [1.54, 1.807) is 31.2 Å². The van der Waals surface area contributed by atoms with Gasteiger partial charge in [0.1, 0.15) is 17.6 Å². The first-order valence-corrected chi connectivity index (χ1v) is 10.8. The highest BCUT2D eigenvalue weighted by Gasteiger charge is 2.24. The van der Waals surface area contributed by atoms with E-state index < -0.39 is 0 Å². The van der Waals surface area contributed by atoms with Crippen LogP contribution in [0, 0.1) is 0 Å². The van der Waals surface area contributed by atoms with Gasteiger partial charge in [0.25, 0.3) is 5.91 Å². The summed E-state index contributed by atoms with van der Waals surface area (Å²) in [6.45, 7) is 3.31. The first-order chi connectivity index (χ1) is 15.9. The fraction of sp³-hybridized carbons (Fsp3) is 0.222. The maximum Gasteiger partial charge on any atom is 0.258 e. The highest BCUT2D eigenvalue weighted by Crippen LogP contribution is 2.34. The Morgan fingerprint density at radius 1 is 0.970 bits per heavy atom. The Morgan fingerprint density at radius 3 is 2.45 bits per heavy atom. The van der Waals surface area contributed by atoms with Gasteiger partial charge in [0.15, 0.2) is 18.2 Å². The van der Waals surface area contributed by atoms with Crippen LogP contribution in [0.15, 0.2) is 66.7 Å². The summed E-state index contributed by atoms with van der Waals surface area (Å²) in [6.07, 6.45) is 0.496. The molecule has 1 aliphatic rings. The minimum atomic E-state index is -0.249. The number of fused-ring (bicyclic) bond motifs is 1. The summed E-state index contributed by atoms with van der Waals surface area (Å²) >= 11 is 0. The highest BCUT2D eigenvalue weighted by atomic mass is 16.5. The minimum absolute atomic E-state index is 0.0213. The number of benzene rings is 3. The third-order valence-electron chi connectivity index (χ3n) is 5.58. The van der Waals surface area contributed by atoms with Crippen molar-refractivity contribution in [1.29, 1.82) is 0 Å². The number of ketones is 2. The van der Waals surface area contributed by atoms with Crippen LogP contribution in [0.1, 0.15) is 40.1 Å². The van der Waals surface area contributed by atoms with E-state index >= 15 is 0 Å². The Hall–Kier alpha value is -3.93. The largest absolute Gasteiger partial charge is 0.488 e. The standard InChI is InChI=1S/C27H25NO5/c1-17(29)19-7-10-22(11-8-19)32-16-27(31)28-15-23-14-21-13-20(9-12-26(21)33-23)25-6-4-3-5-24(25)18(2)30/h3-13,23H,14-16H2,1-2H3,(H,28,31). The summed E-state index contributed by atoms with van der Waals surface area (Å²) in [5, 5.41) is 2.84. The molecule has 1 unspecified atom stereocenters. The first kappa shape index (κ1) is 22.3. The second-order valence-corrected chi connectivity index (χ2v) is 8.04. The fourth-order valence-corrected chi connectivity index (χ4v) is 3.86. The van der Waals surface area contributed by atoms with Crippen molar-refractivity contribution in [2.45, 2.75) is 26.4 Å². The monoisotopic (exact) mass is 443 g/mol. The average Bonchev–Trinajstić information content (AvgIpc) is 3.24. The normalized spacial score (nSPS) is 14.2. The molecule has 0 aliphatic carbocycles. The van der Waals surface area contributed by atoms with Crippen LogP contribution in [0.3, 0.4) is 0 Å². The van der Waals surface area contributed by atoms with Gasteiger partial charge in [-0.3, -0.25) is 14.4 Å². The van der Waals surface area contributed by atoms with E-state index in [0.717, 1.165) is 22.4 Å². The molecule has 6 nitrogen and oxygen atoms in total. The van der Waals surface area contributed by atoms with Gasteiger partial charge in [-0.2, -0.15) is 0 Å².